The highest BCUT2D eigenvalue weighted by Crippen LogP contribution is 2.33. The predicted octanol–water partition coefficient (Wildman–Crippen LogP) is 5.16. The number of anilines is 1. The molecule has 2 aromatic carbocycles. The topological polar surface area (TPSA) is 59.5 Å². The summed E-state index contributed by atoms with van der Waals surface area (Å²) in [4.78, 5) is 3.72. The van der Waals surface area contributed by atoms with E-state index >= 15 is 0 Å². The van der Waals surface area contributed by atoms with Crippen molar-refractivity contribution >= 4 is 27.3 Å². The Hall–Kier alpha value is -2.78. The Kier molecular flexibility index (Phi) is 6.23. The summed E-state index contributed by atoms with van der Waals surface area (Å²) in [6.45, 7) is -0.361. The number of nitrogens with zero attached hydrogens (tertiary/aromatic N) is 2. The second-order valence-corrected chi connectivity index (χ2v) is 8.45. The van der Waals surface area contributed by atoms with Crippen LogP contribution >= 0.6 is 11.6 Å². The van der Waals surface area contributed by atoms with Crippen molar-refractivity contribution in [1.82, 2.24) is 4.98 Å². The molecule has 30 heavy (non-hydrogen) atoms. The van der Waals surface area contributed by atoms with Crippen LogP contribution < -0.4 is 9.04 Å². The van der Waals surface area contributed by atoms with Gasteiger partial charge in [-0.2, -0.15) is 13.2 Å². The molecule has 0 radical (unpaired) electrons. The molecule has 0 amide bonds. The first-order valence-corrected chi connectivity index (χ1v) is 10.4. The predicted molar refractivity (Wildman–Crippen MR) is 107 cm³/mol. The number of methoxy groups -OCH3 is 1. The van der Waals surface area contributed by atoms with Gasteiger partial charge in [-0.1, -0.05) is 35.9 Å². The van der Waals surface area contributed by atoms with Crippen molar-refractivity contribution in [2.24, 2.45) is 0 Å². The Labute approximate surface area is 176 Å². The largest absolute Gasteiger partial charge is 0.497 e. The minimum Gasteiger partial charge on any atom is -0.497 e. The summed E-state index contributed by atoms with van der Waals surface area (Å²) in [5.74, 6) is 0.342. The highest BCUT2D eigenvalue weighted by atomic mass is 35.5. The molecule has 158 valence electrons. The lowest BCUT2D eigenvalue weighted by Gasteiger charge is -2.25. The van der Waals surface area contributed by atoms with Crippen LogP contribution in [-0.4, -0.2) is 20.5 Å². The van der Waals surface area contributed by atoms with Gasteiger partial charge in [0.15, 0.2) is 0 Å². The van der Waals surface area contributed by atoms with Crippen LogP contribution in [0.5, 0.6) is 5.75 Å². The van der Waals surface area contributed by atoms with Crippen LogP contribution in [0.3, 0.4) is 0 Å². The highest BCUT2D eigenvalue weighted by molar-refractivity contribution is 7.92. The molecule has 0 atom stereocenters. The monoisotopic (exact) mass is 456 g/mol. The van der Waals surface area contributed by atoms with Crippen LogP contribution in [0.15, 0.2) is 71.8 Å². The van der Waals surface area contributed by atoms with Crippen LogP contribution in [-0.2, 0) is 22.7 Å². The fourth-order valence-corrected chi connectivity index (χ4v) is 4.36. The van der Waals surface area contributed by atoms with Crippen LogP contribution in [0.4, 0.5) is 18.9 Å². The maximum absolute atomic E-state index is 13.4. The van der Waals surface area contributed by atoms with Gasteiger partial charge in [0, 0.05) is 12.3 Å². The van der Waals surface area contributed by atoms with Gasteiger partial charge in [-0.25, -0.2) is 8.42 Å². The number of hydrogen-bond donors (Lipinski definition) is 0. The van der Waals surface area contributed by atoms with E-state index in [4.69, 9.17) is 16.3 Å². The van der Waals surface area contributed by atoms with Crippen molar-refractivity contribution in [3.05, 3.63) is 83.1 Å². The third-order valence-electron chi connectivity index (χ3n) is 4.21. The standard InChI is InChI=1S/C20H16ClF3N2O3S/c1-29-16-8-5-9-17(11-16)30(27,28)26(15-6-3-2-4-7-15)13-19-18(21)10-14(12-25-19)20(22,23)24/h2-12H,13H2,1H3. The summed E-state index contributed by atoms with van der Waals surface area (Å²) in [7, 11) is -2.70. The number of rotatable bonds is 6. The molecule has 0 spiro atoms. The number of ether oxygens (including phenoxy) is 1. The summed E-state index contributed by atoms with van der Waals surface area (Å²) >= 11 is 6.01. The molecule has 3 aromatic rings. The maximum Gasteiger partial charge on any atom is 0.417 e. The molecule has 0 N–H and O–H groups in total. The average Bonchev–Trinajstić information content (AvgIpc) is 2.72. The smallest absolute Gasteiger partial charge is 0.417 e. The maximum atomic E-state index is 13.4. The number of halogens is 4. The summed E-state index contributed by atoms with van der Waals surface area (Å²) in [6.07, 6.45) is -3.98. The molecule has 0 aliphatic heterocycles. The number of hydrogen-bond acceptors (Lipinski definition) is 4. The Morgan fingerprint density at radius 2 is 1.77 bits per heavy atom. The normalized spacial score (nSPS) is 11.9. The molecule has 10 heteroatoms. The summed E-state index contributed by atoms with van der Waals surface area (Å²) in [6, 6.07) is 14.7. The average molecular weight is 457 g/mol. The molecule has 0 aliphatic carbocycles. The number of aromatic nitrogens is 1. The van der Waals surface area contributed by atoms with Crippen molar-refractivity contribution < 1.29 is 26.3 Å². The SMILES string of the molecule is COc1cccc(S(=O)(=O)N(Cc2ncc(C(F)(F)F)cc2Cl)c2ccccc2)c1. The van der Waals surface area contributed by atoms with E-state index in [-0.39, 0.29) is 22.2 Å². The molecule has 0 unspecified atom stereocenters. The quantitative estimate of drug-likeness (QED) is 0.514. The van der Waals surface area contributed by atoms with Gasteiger partial charge in [0.2, 0.25) is 0 Å². The van der Waals surface area contributed by atoms with Gasteiger partial charge in [0.05, 0.1) is 40.5 Å². The van der Waals surface area contributed by atoms with E-state index in [1.54, 1.807) is 36.4 Å². The fraction of sp³-hybridized carbons (Fsp3) is 0.150. The van der Waals surface area contributed by atoms with Gasteiger partial charge in [-0.15, -0.1) is 0 Å². The second-order valence-electron chi connectivity index (χ2n) is 6.18. The molecule has 5 nitrogen and oxygen atoms in total. The molecule has 0 fully saturated rings. The summed E-state index contributed by atoms with van der Waals surface area (Å²) < 4.78 is 71.5. The zero-order valence-corrected chi connectivity index (χ0v) is 17.2. The van der Waals surface area contributed by atoms with Crippen LogP contribution in [0.2, 0.25) is 5.02 Å². The highest BCUT2D eigenvalue weighted by Gasteiger charge is 2.32. The van der Waals surface area contributed by atoms with Gasteiger partial charge in [0.25, 0.3) is 10.0 Å². The van der Waals surface area contributed by atoms with Crippen LogP contribution in [0, 0.1) is 0 Å². The molecule has 0 aliphatic rings. The third kappa shape index (κ3) is 4.68. The minimum absolute atomic E-state index is 0.0139. The van der Waals surface area contributed by atoms with Gasteiger partial charge >= 0.3 is 6.18 Å². The molecule has 3 rings (SSSR count). The van der Waals surface area contributed by atoms with Gasteiger partial charge < -0.3 is 4.74 Å². The molecule has 1 aromatic heterocycles. The minimum atomic E-state index is -4.61. The molecule has 1 heterocycles. The number of para-hydroxylation sites is 1. The third-order valence-corrected chi connectivity index (χ3v) is 6.31. The van der Waals surface area contributed by atoms with Crippen molar-refractivity contribution in [2.75, 3.05) is 11.4 Å². The van der Waals surface area contributed by atoms with E-state index < -0.39 is 21.8 Å². The van der Waals surface area contributed by atoms with E-state index in [1.165, 1.54) is 25.3 Å². The van der Waals surface area contributed by atoms with E-state index in [0.29, 0.717) is 17.6 Å². The lowest BCUT2D eigenvalue weighted by atomic mass is 10.2. The van der Waals surface area contributed by atoms with Gasteiger partial charge in [-0.05, 0) is 30.3 Å². The fourth-order valence-electron chi connectivity index (χ4n) is 2.67. The molecule has 0 saturated heterocycles. The lowest BCUT2D eigenvalue weighted by molar-refractivity contribution is -0.137. The first-order chi connectivity index (χ1) is 14.1. The van der Waals surface area contributed by atoms with Crippen molar-refractivity contribution in [3.8, 4) is 5.75 Å². The molecular weight excluding hydrogens is 441 g/mol. The van der Waals surface area contributed by atoms with Crippen molar-refractivity contribution in [1.29, 1.82) is 0 Å². The van der Waals surface area contributed by atoms with Gasteiger partial charge in [-0.3, -0.25) is 9.29 Å². The molecule has 0 saturated carbocycles. The van der Waals surface area contributed by atoms with Crippen LogP contribution in [0.25, 0.3) is 0 Å². The Morgan fingerprint density at radius 1 is 1.07 bits per heavy atom. The van der Waals surface area contributed by atoms with E-state index in [2.05, 4.69) is 4.98 Å². The lowest BCUT2D eigenvalue weighted by Crippen LogP contribution is -2.31. The number of pyridine rings is 1. The second kappa shape index (κ2) is 8.53. The number of benzene rings is 2. The Balaban J connectivity index is 2.07. The van der Waals surface area contributed by atoms with E-state index in [1.807, 2.05) is 0 Å². The Morgan fingerprint density at radius 3 is 2.37 bits per heavy atom. The molecular formula is C20H16ClF3N2O3S. The zero-order chi connectivity index (χ0) is 21.9. The van der Waals surface area contributed by atoms with Crippen molar-refractivity contribution in [2.45, 2.75) is 17.6 Å². The zero-order valence-electron chi connectivity index (χ0n) is 15.6. The summed E-state index contributed by atoms with van der Waals surface area (Å²) in [5, 5.41) is -0.286. The molecule has 0 bridgehead atoms. The number of alkyl halides is 3. The van der Waals surface area contributed by atoms with E-state index in [9.17, 15) is 21.6 Å². The van der Waals surface area contributed by atoms with Gasteiger partial charge in [0.1, 0.15) is 5.75 Å². The first kappa shape index (κ1) is 21.9. The first-order valence-electron chi connectivity index (χ1n) is 8.56. The van der Waals surface area contributed by atoms with E-state index in [0.717, 1.165) is 10.4 Å². The Bertz CT molecular complexity index is 1140. The van der Waals surface area contributed by atoms with Crippen molar-refractivity contribution in [3.63, 3.8) is 0 Å². The summed E-state index contributed by atoms with van der Waals surface area (Å²) in [5.41, 5.74) is -0.726. The number of sulfonamides is 1. The van der Waals surface area contributed by atoms with Crippen LogP contribution in [0.1, 0.15) is 11.3 Å².